The molecule has 0 radical (unpaired) electrons. The van der Waals surface area contributed by atoms with Crippen molar-refractivity contribution in [3.8, 4) is 0 Å². The second-order valence-electron chi connectivity index (χ2n) is 6.78. The van der Waals surface area contributed by atoms with Crippen LogP contribution in [-0.2, 0) is 11.3 Å². The number of rotatable bonds is 6. The average Bonchev–Trinajstić information content (AvgIpc) is 2.60. The summed E-state index contributed by atoms with van der Waals surface area (Å²) in [6.07, 6.45) is 2.25. The smallest absolute Gasteiger partial charge is 0.218 e. The Morgan fingerprint density at radius 1 is 1.36 bits per heavy atom. The first kappa shape index (κ1) is 17.3. The minimum absolute atomic E-state index is 0.0802. The number of nitrogens with one attached hydrogen (secondary N) is 2. The van der Waals surface area contributed by atoms with Crippen molar-refractivity contribution >= 4 is 17.4 Å². The zero-order valence-electron chi connectivity index (χ0n) is 14.9. The number of fused-ring (bicyclic) bond motifs is 1. The minimum Gasteiger partial charge on any atom is -0.381 e. The monoisotopic (exact) mass is 338 g/mol. The van der Waals surface area contributed by atoms with E-state index in [2.05, 4.69) is 42.7 Å². The van der Waals surface area contributed by atoms with Gasteiger partial charge in [0.15, 0.2) is 0 Å². The predicted octanol–water partition coefficient (Wildman–Crippen LogP) is 3.56. The molecule has 5 heteroatoms. The summed E-state index contributed by atoms with van der Waals surface area (Å²) in [5.41, 5.74) is 9.75. The lowest BCUT2D eigenvalue weighted by atomic mass is 9.86. The molecule has 1 aliphatic rings. The number of nitrogens with two attached hydrogens (primary N) is 1. The number of benzene rings is 1. The Hall–Kier alpha value is -2.56. The van der Waals surface area contributed by atoms with Crippen molar-refractivity contribution in [1.29, 1.82) is 0 Å². The van der Waals surface area contributed by atoms with E-state index < -0.39 is 0 Å². The minimum atomic E-state index is -0.270. The van der Waals surface area contributed by atoms with Crippen molar-refractivity contribution in [3.05, 3.63) is 53.2 Å². The zero-order chi connectivity index (χ0) is 17.8. The molecule has 0 spiro atoms. The Morgan fingerprint density at radius 3 is 2.80 bits per heavy atom. The number of hydrogen-bond acceptors (Lipinski definition) is 4. The van der Waals surface area contributed by atoms with E-state index in [4.69, 9.17) is 10.7 Å². The third-order valence-electron chi connectivity index (χ3n) is 4.80. The maximum Gasteiger partial charge on any atom is 0.218 e. The van der Waals surface area contributed by atoms with Crippen LogP contribution in [0.4, 0.5) is 11.5 Å². The molecule has 2 aromatic rings. The second kappa shape index (κ2) is 7.55. The molecule has 132 valence electrons. The van der Waals surface area contributed by atoms with E-state index in [0.717, 1.165) is 42.1 Å². The number of nitrogens with zero attached hydrogens (tertiary/aromatic N) is 1. The van der Waals surface area contributed by atoms with E-state index in [0.29, 0.717) is 12.5 Å². The number of carbonyl (C=O) groups excluding carboxylic acids is 1. The highest BCUT2D eigenvalue weighted by Gasteiger charge is 2.29. The fourth-order valence-corrected chi connectivity index (χ4v) is 3.44. The highest BCUT2D eigenvalue weighted by Crippen LogP contribution is 2.37. The highest BCUT2D eigenvalue weighted by atomic mass is 16.1. The Morgan fingerprint density at radius 2 is 2.12 bits per heavy atom. The number of primary amides is 1. The molecule has 0 bridgehead atoms. The zero-order valence-corrected chi connectivity index (χ0v) is 14.9. The molecule has 2 atom stereocenters. The summed E-state index contributed by atoms with van der Waals surface area (Å²) < 4.78 is 0. The van der Waals surface area contributed by atoms with E-state index in [1.807, 2.05) is 18.2 Å². The maximum absolute atomic E-state index is 11.5. The molecule has 0 aliphatic carbocycles. The Balaban J connectivity index is 1.85. The maximum atomic E-state index is 11.5. The number of pyridine rings is 1. The van der Waals surface area contributed by atoms with Crippen LogP contribution in [-0.4, -0.2) is 16.9 Å². The highest BCUT2D eigenvalue weighted by molar-refractivity contribution is 5.75. The summed E-state index contributed by atoms with van der Waals surface area (Å²) >= 11 is 0. The van der Waals surface area contributed by atoms with Crippen molar-refractivity contribution in [2.75, 3.05) is 10.6 Å². The number of aryl methyl sites for hydroxylation is 1. The molecule has 4 N–H and O–H groups in total. The van der Waals surface area contributed by atoms with Gasteiger partial charge in [-0.15, -0.1) is 0 Å². The first-order valence-electron chi connectivity index (χ1n) is 8.91. The molecule has 1 aromatic carbocycles. The van der Waals surface area contributed by atoms with Gasteiger partial charge in [0.2, 0.25) is 5.91 Å². The Bertz CT molecular complexity index is 745. The molecule has 2 unspecified atom stereocenters. The van der Waals surface area contributed by atoms with Gasteiger partial charge in [0.05, 0.1) is 11.4 Å². The lowest BCUT2D eigenvalue weighted by Crippen LogP contribution is -2.31. The predicted molar refractivity (Wildman–Crippen MR) is 102 cm³/mol. The van der Waals surface area contributed by atoms with Gasteiger partial charge in [0.1, 0.15) is 5.82 Å². The van der Waals surface area contributed by atoms with E-state index in [1.54, 1.807) is 0 Å². The Kier molecular flexibility index (Phi) is 5.22. The molecule has 1 aliphatic heterocycles. The standard InChI is InChI=1S/C20H26N4O/c1-3-16-10-15(11-18(21)25)19-17(23-16)9-13(2)20(24-19)22-12-14-7-5-4-6-8-14/h4-9,15-16,23H,3,10-12H2,1-2H3,(H2,21,25)(H,22,24). The molecule has 5 nitrogen and oxygen atoms in total. The van der Waals surface area contributed by atoms with Gasteiger partial charge in [-0.3, -0.25) is 4.79 Å². The number of amides is 1. The largest absolute Gasteiger partial charge is 0.381 e. The first-order chi connectivity index (χ1) is 12.1. The van der Waals surface area contributed by atoms with Crippen LogP contribution in [0.15, 0.2) is 36.4 Å². The van der Waals surface area contributed by atoms with E-state index in [9.17, 15) is 4.79 Å². The third kappa shape index (κ3) is 4.10. The quantitative estimate of drug-likeness (QED) is 0.752. The summed E-state index contributed by atoms with van der Waals surface area (Å²) in [5, 5.41) is 6.97. The number of aromatic nitrogens is 1. The summed E-state index contributed by atoms with van der Waals surface area (Å²) in [6, 6.07) is 12.7. The van der Waals surface area contributed by atoms with Gasteiger partial charge < -0.3 is 16.4 Å². The van der Waals surface area contributed by atoms with Crippen LogP contribution in [0.25, 0.3) is 0 Å². The van der Waals surface area contributed by atoms with Gasteiger partial charge in [-0.25, -0.2) is 4.98 Å². The molecule has 0 fully saturated rings. The molecule has 0 saturated carbocycles. The lowest BCUT2D eigenvalue weighted by Gasteiger charge is -2.32. The van der Waals surface area contributed by atoms with Gasteiger partial charge in [-0.2, -0.15) is 0 Å². The van der Waals surface area contributed by atoms with Crippen molar-refractivity contribution in [1.82, 2.24) is 4.98 Å². The first-order valence-corrected chi connectivity index (χ1v) is 8.91. The fourth-order valence-electron chi connectivity index (χ4n) is 3.44. The van der Waals surface area contributed by atoms with Gasteiger partial charge in [0, 0.05) is 24.9 Å². The molecular formula is C20H26N4O. The van der Waals surface area contributed by atoms with E-state index in [-0.39, 0.29) is 11.8 Å². The van der Waals surface area contributed by atoms with Gasteiger partial charge in [-0.1, -0.05) is 37.3 Å². The molecule has 1 amide bonds. The summed E-state index contributed by atoms with van der Waals surface area (Å²) in [7, 11) is 0. The number of hydrogen-bond donors (Lipinski definition) is 3. The van der Waals surface area contributed by atoms with Crippen molar-refractivity contribution in [2.24, 2.45) is 5.73 Å². The van der Waals surface area contributed by atoms with Crippen molar-refractivity contribution < 1.29 is 4.79 Å². The summed E-state index contributed by atoms with van der Waals surface area (Å²) in [6.45, 7) is 4.93. The van der Waals surface area contributed by atoms with Crippen LogP contribution in [0, 0.1) is 6.92 Å². The topological polar surface area (TPSA) is 80.0 Å². The van der Waals surface area contributed by atoms with Gasteiger partial charge >= 0.3 is 0 Å². The van der Waals surface area contributed by atoms with Crippen LogP contribution in [0.3, 0.4) is 0 Å². The van der Waals surface area contributed by atoms with E-state index >= 15 is 0 Å². The van der Waals surface area contributed by atoms with Gasteiger partial charge in [0.25, 0.3) is 0 Å². The van der Waals surface area contributed by atoms with Crippen molar-refractivity contribution in [3.63, 3.8) is 0 Å². The Labute approximate surface area is 149 Å². The summed E-state index contributed by atoms with van der Waals surface area (Å²) in [5.74, 6) is 0.680. The normalized spacial score (nSPS) is 19.0. The number of anilines is 2. The fraction of sp³-hybridized carbons (Fsp3) is 0.400. The van der Waals surface area contributed by atoms with Crippen LogP contribution in [0.1, 0.15) is 48.9 Å². The molecular weight excluding hydrogens is 312 g/mol. The van der Waals surface area contributed by atoms with Gasteiger partial charge in [-0.05, 0) is 37.0 Å². The molecule has 2 heterocycles. The lowest BCUT2D eigenvalue weighted by molar-refractivity contribution is -0.118. The van der Waals surface area contributed by atoms with E-state index in [1.165, 1.54) is 5.56 Å². The molecule has 25 heavy (non-hydrogen) atoms. The van der Waals surface area contributed by atoms with Crippen LogP contribution in [0.2, 0.25) is 0 Å². The average molecular weight is 338 g/mol. The number of carbonyl (C=O) groups is 1. The molecule has 1 aromatic heterocycles. The summed E-state index contributed by atoms with van der Waals surface area (Å²) in [4.78, 5) is 16.3. The van der Waals surface area contributed by atoms with Crippen LogP contribution < -0.4 is 16.4 Å². The molecule has 0 saturated heterocycles. The van der Waals surface area contributed by atoms with Crippen LogP contribution >= 0.6 is 0 Å². The van der Waals surface area contributed by atoms with Crippen LogP contribution in [0.5, 0.6) is 0 Å². The van der Waals surface area contributed by atoms with Crippen molar-refractivity contribution in [2.45, 2.75) is 51.6 Å². The molecule has 3 rings (SSSR count). The second-order valence-corrected chi connectivity index (χ2v) is 6.78. The SMILES string of the molecule is CCC1CC(CC(N)=O)c2nc(NCc3ccccc3)c(C)cc2N1. The third-order valence-corrected chi connectivity index (χ3v) is 4.80.